The number of nitrogens with zero attached hydrogens (tertiary/aromatic N) is 3. The molecule has 3 aromatic rings. The molecule has 4 rings (SSSR count). The summed E-state index contributed by atoms with van der Waals surface area (Å²) < 4.78 is 7.80. The van der Waals surface area contributed by atoms with E-state index in [0.717, 1.165) is 18.7 Å². The Morgan fingerprint density at radius 2 is 2.12 bits per heavy atom. The normalized spacial score (nSPS) is 16.1. The minimum atomic E-state index is -0.226. The highest BCUT2D eigenvalue weighted by atomic mass is 16.5. The van der Waals surface area contributed by atoms with Gasteiger partial charge in [-0.3, -0.25) is 14.5 Å². The number of nitrogens with one attached hydrogen (secondary N) is 1. The van der Waals surface area contributed by atoms with E-state index in [9.17, 15) is 4.79 Å². The number of amides is 1. The first-order valence-electron chi connectivity index (χ1n) is 8.69. The van der Waals surface area contributed by atoms with Crippen molar-refractivity contribution in [2.24, 2.45) is 0 Å². The highest BCUT2D eigenvalue weighted by molar-refractivity contribution is 5.93. The molecule has 1 aromatic carbocycles. The average molecular weight is 348 g/mol. The van der Waals surface area contributed by atoms with Gasteiger partial charge in [0, 0.05) is 25.1 Å². The maximum absolute atomic E-state index is 12.2. The van der Waals surface area contributed by atoms with Gasteiger partial charge in [-0.25, -0.2) is 0 Å². The van der Waals surface area contributed by atoms with Gasteiger partial charge in [0.1, 0.15) is 6.10 Å². The Labute approximate surface area is 151 Å². The van der Waals surface area contributed by atoms with Crippen LogP contribution in [0.5, 0.6) is 0 Å². The van der Waals surface area contributed by atoms with Crippen molar-refractivity contribution in [3.8, 4) is 0 Å². The van der Waals surface area contributed by atoms with Crippen LogP contribution < -0.4 is 5.32 Å². The van der Waals surface area contributed by atoms with Gasteiger partial charge in [0.05, 0.1) is 24.4 Å². The molecular weight excluding hydrogens is 328 g/mol. The van der Waals surface area contributed by atoms with Gasteiger partial charge in [-0.1, -0.05) is 30.3 Å². The molecule has 1 N–H and O–H groups in total. The molecule has 1 amide bonds. The Morgan fingerprint density at radius 3 is 2.92 bits per heavy atom. The Balaban J connectivity index is 1.44. The van der Waals surface area contributed by atoms with Crippen molar-refractivity contribution in [3.63, 3.8) is 0 Å². The van der Waals surface area contributed by atoms with Gasteiger partial charge in [-0.2, -0.15) is 5.10 Å². The van der Waals surface area contributed by atoms with Crippen LogP contribution in [-0.4, -0.2) is 33.8 Å². The Hall–Kier alpha value is -2.99. The molecule has 0 saturated carbocycles. The number of ether oxygens (including phenoxy) is 1. The quantitative estimate of drug-likeness (QED) is 0.769. The van der Waals surface area contributed by atoms with Gasteiger partial charge < -0.3 is 10.1 Å². The summed E-state index contributed by atoms with van der Waals surface area (Å²) in [7, 11) is 0. The minimum absolute atomic E-state index is 0.155. The summed E-state index contributed by atoms with van der Waals surface area (Å²) in [5, 5.41) is 7.62. The molecule has 0 aliphatic carbocycles. The second-order valence-corrected chi connectivity index (χ2v) is 6.28. The number of rotatable bonds is 5. The Morgan fingerprint density at radius 1 is 1.23 bits per heavy atom. The van der Waals surface area contributed by atoms with Crippen molar-refractivity contribution in [1.29, 1.82) is 0 Å². The molecule has 1 aliphatic rings. The van der Waals surface area contributed by atoms with Crippen LogP contribution in [0.25, 0.3) is 0 Å². The summed E-state index contributed by atoms with van der Waals surface area (Å²) in [4.78, 5) is 16.2. The molecule has 6 heteroatoms. The largest absolute Gasteiger partial charge is 0.370 e. The van der Waals surface area contributed by atoms with E-state index in [1.807, 2.05) is 22.9 Å². The predicted molar refractivity (Wildman–Crippen MR) is 96.7 cm³/mol. The lowest BCUT2D eigenvalue weighted by molar-refractivity contribution is 0.0383. The van der Waals surface area contributed by atoms with E-state index >= 15 is 0 Å². The molecule has 0 saturated heterocycles. The van der Waals surface area contributed by atoms with Crippen molar-refractivity contribution in [1.82, 2.24) is 20.1 Å². The Bertz CT molecular complexity index is 877. The van der Waals surface area contributed by atoms with Crippen LogP contribution in [0.4, 0.5) is 0 Å². The van der Waals surface area contributed by atoms with E-state index in [1.54, 1.807) is 24.5 Å². The topological polar surface area (TPSA) is 69.0 Å². The van der Waals surface area contributed by atoms with Crippen LogP contribution in [0.1, 0.15) is 33.3 Å². The zero-order chi connectivity index (χ0) is 17.8. The second-order valence-electron chi connectivity index (χ2n) is 6.28. The molecule has 2 aromatic heterocycles. The van der Waals surface area contributed by atoms with Crippen LogP contribution in [0.15, 0.2) is 61.1 Å². The van der Waals surface area contributed by atoms with E-state index < -0.39 is 0 Å². The number of carbonyl (C=O) groups is 1. The maximum atomic E-state index is 12.2. The van der Waals surface area contributed by atoms with Crippen LogP contribution >= 0.6 is 0 Å². The van der Waals surface area contributed by atoms with Gasteiger partial charge in [0.2, 0.25) is 0 Å². The van der Waals surface area contributed by atoms with Gasteiger partial charge in [0.15, 0.2) is 0 Å². The van der Waals surface area contributed by atoms with E-state index in [1.165, 1.54) is 11.1 Å². The fourth-order valence-corrected chi connectivity index (χ4v) is 3.12. The van der Waals surface area contributed by atoms with Gasteiger partial charge in [-0.15, -0.1) is 0 Å². The number of fused-ring (bicyclic) bond motifs is 1. The smallest absolute Gasteiger partial charge is 0.252 e. The van der Waals surface area contributed by atoms with E-state index in [-0.39, 0.29) is 12.0 Å². The van der Waals surface area contributed by atoms with E-state index in [0.29, 0.717) is 18.7 Å². The first-order chi connectivity index (χ1) is 12.8. The van der Waals surface area contributed by atoms with Crippen LogP contribution in [0.3, 0.4) is 0 Å². The zero-order valence-corrected chi connectivity index (χ0v) is 14.3. The summed E-state index contributed by atoms with van der Waals surface area (Å²) >= 11 is 0. The summed E-state index contributed by atoms with van der Waals surface area (Å²) in [6.07, 6.45) is 5.90. The van der Waals surface area contributed by atoms with Crippen molar-refractivity contribution < 1.29 is 9.53 Å². The van der Waals surface area contributed by atoms with Crippen molar-refractivity contribution in [2.45, 2.75) is 19.1 Å². The lowest BCUT2D eigenvalue weighted by Gasteiger charge is -2.22. The third kappa shape index (κ3) is 3.65. The lowest BCUT2D eigenvalue weighted by Crippen LogP contribution is -2.32. The molecule has 6 nitrogen and oxygen atoms in total. The van der Waals surface area contributed by atoms with Crippen LogP contribution in [0.2, 0.25) is 0 Å². The van der Waals surface area contributed by atoms with Crippen LogP contribution in [-0.2, 0) is 17.7 Å². The molecule has 132 valence electrons. The third-order valence-electron chi connectivity index (χ3n) is 4.42. The fourth-order valence-electron chi connectivity index (χ4n) is 3.12. The monoisotopic (exact) mass is 348 g/mol. The molecule has 0 unspecified atom stereocenters. The molecule has 0 bridgehead atoms. The summed E-state index contributed by atoms with van der Waals surface area (Å²) in [6, 6.07) is 13.7. The Kier molecular flexibility index (Phi) is 4.75. The average Bonchev–Trinajstić information content (AvgIpc) is 3.10. The molecule has 26 heavy (non-hydrogen) atoms. The van der Waals surface area contributed by atoms with Crippen molar-refractivity contribution in [3.05, 3.63) is 83.4 Å². The number of carbonyl (C=O) groups excluding carboxylic acids is 1. The highest BCUT2D eigenvalue weighted by Crippen LogP contribution is 2.25. The summed E-state index contributed by atoms with van der Waals surface area (Å²) in [5.41, 5.74) is 3.85. The van der Waals surface area contributed by atoms with Gasteiger partial charge >= 0.3 is 0 Å². The fraction of sp³-hybridized carbons (Fsp3) is 0.250. The molecule has 0 radical (unpaired) electrons. The standard InChI is InChI=1S/C20H20N4O2/c25-20(16-7-4-9-21-11-16)22-12-18-19-17(8-10-26-18)14-24(23-19)13-15-5-2-1-3-6-15/h1-7,9,11,14,18H,8,10,12-13H2,(H,22,25)/t18-/m1/s1. The molecule has 3 heterocycles. The SMILES string of the molecule is O=C(NC[C@H]1OCCc2cn(Cc3ccccc3)nc21)c1cccnc1. The molecule has 0 spiro atoms. The summed E-state index contributed by atoms with van der Waals surface area (Å²) in [5.74, 6) is -0.155. The maximum Gasteiger partial charge on any atom is 0.252 e. The molecule has 1 atom stereocenters. The first-order valence-corrected chi connectivity index (χ1v) is 8.69. The predicted octanol–water partition coefficient (Wildman–Crippen LogP) is 2.37. The van der Waals surface area contributed by atoms with E-state index in [2.05, 4.69) is 28.6 Å². The minimum Gasteiger partial charge on any atom is -0.370 e. The second kappa shape index (κ2) is 7.49. The van der Waals surface area contributed by atoms with Crippen molar-refractivity contribution >= 4 is 5.91 Å². The number of hydrogen-bond acceptors (Lipinski definition) is 4. The summed E-state index contributed by atoms with van der Waals surface area (Å²) in [6.45, 7) is 1.75. The lowest BCUT2D eigenvalue weighted by atomic mass is 10.1. The van der Waals surface area contributed by atoms with Crippen molar-refractivity contribution in [2.75, 3.05) is 13.2 Å². The number of aromatic nitrogens is 3. The van der Waals surface area contributed by atoms with Crippen LogP contribution in [0, 0.1) is 0 Å². The number of benzene rings is 1. The van der Waals surface area contributed by atoms with E-state index in [4.69, 9.17) is 9.84 Å². The highest BCUT2D eigenvalue weighted by Gasteiger charge is 2.25. The number of hydrogen-bond donors (Lipinski definition) is 1. The van der Waals surface area contributed by atoms with Gasteiger partial charge in [0.25, 0.3) is 5.91 Å². The molecule has 1 aliphatic heterocycles. The molecular formula is C20H20N4O2. The first kappa shape index (κ1) is 16.5. The third-order valence-corrected chi connectivity index (χ3v) is 4.42. The zero-order valence-electron chi connectivity index (χ0n) is 14.3. The van der Waals surface area contributed by atoms with Gasteiger partial charge in [-0.05, 0) is 29.7 Å². The molecule has 0 fully saturated rings. The number of pyridine rings is 1.